The van der Waals surface area contributed by atoms with E-state index in [1.807, 2.05) is 0 Å². The summed E-state index contributed by atoms with van der Waals surface area (Å²) in [7, 11) is -5.15. The highest BCUT2D eigenvalue weighted by Gasteiger charge is 2.45. The number of fused-ring (bicyclic) bond motifs is 1. The molecule has 1 aliphatic rings. The lowest BCUT2D eigenvalue weighted by Crippen LogP contribution is -2.38. The molecule has 15 nitrogen and oxygen atoms in total. The topological polar surface area (TPSA) is 224 Å². The summed E-state index contributed by atoms with van der Waals surface area (Å²) in [5, 5.41) is 22.7. The highest BCUT2D eigenvalue weighted by atomic mass is 31.2. The van der Waals surface area contributed by atoms with Gasteiger partial charge in [-0.1, -0.05) is 0 Å². The number of aromatic nitrogens is 4. The van der Waals surface area contributed by atoms with Crippen LogP contribution in [0.4, 0.5) is 5.82 Å². The lowest BCUT2D eigenvalue weighted by Gasteiger charge is -2.25. The first-order valence-electron chi connectivity index (χ1n) is 8.91. The summed E-state index contributed by atoms with van der Waals surface area (Å²) < 4.78 is 27.6. The molecule has 16 heteroatoms. The highest BCUT2D eigenvalue weighted by Crippen LogP contribution is 2.41. The Morgan fingerprint density at radius 3 is 2.77 bits per heavy atom. The molecular weight excluding hydrogens is 439 g/mol. The number of nitrogens with one attached hydrogen (secondary N) is 1. The monoisotopic (exact) mass is 459 g/mol. The number of phosphoric ester groups is 1. The predicted octanol–water partition coefficient (Wildman–Crippen LogP) is -2.42. The van der Waals surface area contributed by atoms with Crippen LogP contribution in [-0.2, 0) is 27.9 Å². The van der Waals surface area contributed by atoms with Crippen LogP contribution in [0.15, 0.2) is 12.7 Å². The van der Waals surface area contributed by atoms with Gasteiger partial charge in [0, 0.05) is 6.92 Å². The van der Waals surface area contributed by atoms with Crippen molar-refractivity contribution in [1.82, 2.24) is 24.8 Å². The largest absolute Gasteiger partial charge is 0.746 e. The number of nitrogens with two attached hydrogens (primary N) is 1. The maximum absolute atomic E-state index is 11.9. The summed E-state index contributed by atoms with van der Waals surface area (Å²) in [4.78, 5) is 46.4. The van der Waals surface area contributed by atoms with Gasteiger partial charge in [0.15, 0.2) is 17.7 Å². The number of nitrogen functional groups attached to an aromatic ring is 1. The van der Waals surface area contributed by atoms with E-state index in [0.29, 0.717) is 0 Å². The molecule has 0 spiro atoms. The molecule has 3 rings (SSSR count). The van der Waals surface area contributed by atoms with Crippen LogP contribution in [0.25, 0.3) is 11.2 Å². The van der Waals surface area contributed by atoms with Gasteiger partial charge in [-0.25, -0.2) is 19.7 Å². The van der Waals surface area contributed by atoms with Gasteiger partial charge in [0.25, 0.3) is 0 Å². The van der Waals surface area contributed by atoms with E-state index in [1.54, 1.807) is 0 Å². The number of aliphatic hydroxyl groups is 2. The Morgan fingerprint density at radius 2 is 2.10 bits per heavy atom. The third-order valence-corrected chi connectivity index (χ3v) is 5.24. The molecule has 0 saturated carbocycles. The highest BCUT2D eigenvalue weighted by molar-refractivity contribution is 7.46. The van der Waals surface area contributed by atoms with Gasteiger partial charge in [0.1, 0.15) is 36.2 Å². The van der Waals surface area contributed by atoms with Gasteiger partial charge in [-0.3, -0.25) is 13.9 Å². The molecule has 0 bridgehead atoms. The first-order chi connectivity index (χ1) is 14.5. The van der Waals surface area contributed by atoms with Gasteiger partial charge < -0.3 is 39.9 Å². The van der Waals surface area contributed by atoms with Gasteiger partial charge >= 0.3 is 13.8 Å². The summed E-state index contributed by atoms with van der Waals surface area (Å²) in [5.74, 6) is -1.73. The second kappa shape index (κ2) is 8.82. The first kappa shape index (κ1) is 23.0. The molecular formula is C15H20N6O9P-. The van der Waals surface area contributed by atoms with Crippen LogP contribution < -0.4 is 15.9 Å². The van der Waals surface area contributed by atoms with Crippen LogP contribution in [-0.4, -0.2) is 72.6 Å². The van der Waals surface area contributed by atoms with E-state index < -0.39 is 56.9 Å². The average molecular weight is 459 g/mol. The molecule has 2 aromatic rings. The Labute approximate surface area is 174 Å². The third kappa shape index (κ3) is 4.98. The van der Waals surface area contributed by atoms with Crippen LogP contribution in [0.3, 0.4) is 0 Å². The average Bonchev–Trinajstić information content (AvgIpc) is 3.22. The van der Waals surface area contributed by atoms with E-state index in [2.05, 4.69) is 29.3 Å². The number of carbonyl (C=O) groups excluding carboxylic acids is 2. The Morgan fingerprint density at radius 1 is 1.39 bits per heavy atom. The van der Waals surface area contributed by atoms with E-state index in [0.717, 1.165) is 6.92 Å². The van der Waals surface area contributed by atoms with Crippen molar-refractivity contribution >= 4 is 36.7 Å². The SMILES string of the molecule is CC(=O)NC(C)C(=O)OP(=O)([O-])OC[C@H]1O[C@@H](n2cnc3c(N)ncnc32)[C@H](O)[C@@H]1O. The van der Waals surface area contributed by atoms with E-state index in [-0.39, 0.29) is 17.0 Å². The molecule has 2 unspecified atom stereocenters. The Hall–Kier alpha value is -2.68. The smallest absolute Gasteiger partial charge is 0.334 e. The molecule has 1 aliphatic heterocycles. The summed E-state index contributed by atoms with van der Waals surface area (Å²) in [6.07, 6.45) is -3.07. The molecule has 1 amide bonds. The van der Waals surface area contributed by atoms with Crippen molar-refractivity contribution in [3.8, 4) is 0 Å². The molecule has 0 radical (unpaired) electrons. The maximum atomic E-state index is 11.9. The van der Waals surface area contributed by atoms with Crippen molar-refractivity contribution in [2.45, 2.75) is 44.4 Å². The second-order valence-electron chi connectivity index (χ2n) is 6.70. The molecule has 6 atom stereocenters. The number of hydrogen-bond donors (Lipinski definition) is 4. The number of phosphoric acid groups is 1. The van der Waals surface area contributed by atoms with E-state index in [4.69, 9.17) is 10.5 Å². The van der Waals surface area contributed by atoms with Crippen LogP contribution in [0.1, 0.15) is 20.1 Å². The molecule has 3 heterocycles. The standard InChI is InChI=1S/C15H21N6O9P/c1-6(20-7(2)22)15(25)30-31(26,27)28-3-8-10(23)11(24)14(29-8)21-5-19-9-12(16)17-4-18-13(9)21/h4-6,8,10-11,14,23-24H,3H2,1-2H3,(H,20,22)(H,26,27)(H2,16,17,18)/p-1/t6?,8-,10-,11-,14-/m1/s1. The maximum Gasteiger partial charge on any atom is 0.334 e. The first-order valence-corrected chi connectivity index (χ1v) is 10.4. The molecule has 31 heavy (non-hydrogen) atoms. The quantitative estimate of drug-likeness (QED) is 0.317. The van der Waals surface area contributed by atoms with Crippen molar-refractivity contribution in [3.05, 3.63) is 12.7 Å². The predicted molar refractivity (Wildman–Crippen MR) is 98.6 cm³/mol. The Kier molecular flexibility index (Phi) is 6.54. The number of imidazole rings is 1. The molecule has 1 saturated heterocycles. The molecule has 0 aromatic carbocycles. The zero-order valence-corrected chi connectivity index (χ0v) is 17.2. The zero-order chi connectivity index (χ0) is 22.9. The van der Waals surface area contributed by atoms with Crippen LogP contribution >= 0.6 is 7.82 Å². The van der Waals surface area contributed by atoms with E-state index in [9.17, 15) is 29.3 Å². The van der Waals surface area contributed by atoms with Crippen molar-refractivity contribution in [2.75, 3.05) is 12.3 Å². The summed E-state index contributed by atoms with van der Waals surface area (Å²) >= 11 is 0. The number of amides is 1. The normalized spacial score (nSPS) is 26.4. The minimum Gasteiger partial charge on any atom is -0.746 e. The summed E-state index contributed by atoms with van der Waals surface area (Å²) in [6.45, 7) is 1.60. The van der Waals surface area contributed by atoms with Gasteiger partial charge in [0.05, 0.1) is 12.9 Å². The molecule has 0 aliphatic carbocycles. The van der Waals surface area contributed by atoms with Gasteiger partial charge in [-0.05, 0) is 6.92 Å². The fourth-order valence-corrected chi connectivity index (χ4v) is 3.66. The van der Waals surface area contributed by atoms with Crippen LogP contribution in [0.2, 0.25) is 0 Å². The fraction of sp³-hybridized carbons (Fsp3) is 0.533. The lowest BCUT2D eigenvalue weighted by molar-refractivity contribution is -0.227. The zero-order valence-electron chi connectivity index (χ0n) is 16.3. The Balaban J connectivity index is 1.65. The second-order valence-corrected chi connectivity index (χ2v) is 8.04. The van der Waals surface area contributed by atoms with Gasteiger partial charge in [-0.2, -0.15) is 0 Å². The number of hydrogen-bond acceptors (Lipinski definition) is 13. The number of anilines is 1. The molecule has 170 valence electrons. The fourth-order valence-electron chi connectivity index (χ4n) is 2.90. The van der Waals surface area contributed by atoms with Crippen molar-refractivity contribution < 1.29 is 43.0 Å². The molecule has 5 N–H and O–H groups in total. The number of carbonyl (C=O) groups is 2. The van der Waals surface area contributed by atoms with Crippen molar-refractivity contribution in [1.29, 1.82) is 0 Å². The van der Waals surface area contributed by atoms with E-state index in [1.165, 1.54) is 24.1 Å². The molecule has 2 aromatic heterocycles. The number of aliphatic hydroxyl groups excluding tert-OH is 2. The molecule has 1 fully saturated rings. The number of ether oxygens (including phenoxy) is 1. The lowest BCUT2D eigenvalue weighted by atomic mass is 10.1. The van der Waals surface area contributed by atoms with E-state index >= 15 is 0 Å². The van der Waals surface area contributed by atoms with Crippen LogP contribution in [0.5, 0.6) is 0 Å². The summed E-state index contributed by atoms with van der Waals surface area (Å²) in [6, 6.07) is -1.23. The summed E-state index contributed by atoms with van der Waals surface area (Å²) in [5.41, 5.74) is 6.18. The van der Waals surface area contributed by atoms with Gasteiger partial charge in [0.2, 0.25) is 5.91 Å². The number of nitrogens with zero attached hydrogens (tertiary/aromatic N) is 4. The Bertz CT molecular complexity index is 1030. The number of rotatable bonds is 7. The van der Waals surface area contributed by atoms with Crippen LogP contribution in [0, 0.1) is 0 Å². The minimum absolute atomic E-state index is 0.0965. The van der Waals surface area contributed by atoms with Crippen molar-refractivity contribution in [2.24, 2.45) is 0 Å². The third-order valence-electron chi connectivity index (χ3n) is 4.37. The van der Waals surface area contributed by atoms with Gasteiger partial charge in [-0.15, -0.1) is 0 Å². The van der Waals surface area contributed by atoms with Crippen molar-refractivity contribution in [3.63, 3.8) is 0 Å². The minimum atomic E-state index is -5.15.